The van der Waals surface area contributed by atoms with E-state index in [1.807, 2.05) is 42.5 Å². The number of carbonyl (C=O) groups is 1. The lowest BCUT2D eigenvalue weighted by Crippen LogP contribution is -1.87. The Balaban J connectivity index is 1.43. The van der Waals surface area contributed by atoms with Gasteiger partial charge in [-0.2, -0.15) is 0 Å². The summed E-state index contributed by atoms with van der Waals surface area (Å²) in [6.45, 7) is 0. The van der Waals surface area contributed by atoms with E-state index in [0.29, 0.717) is 5.56 Å². The van der Waals surface area contributed by atoms with Crippen molar-refractivity contribution in [1.82, 2.24) is 0 Å². The first-order chi connectivity index (χ1) is 14.3. The third-order valence-electron chi connectivity index (χ3n) is 4.82. The van der Waals surface area contributed by atoms with Crippen molar-refractivity contribution in [2.45, 2.75) is 6.42 Å². The van der Waals surface area contributed by atoms with E-state index in [4.69, 9.17) is 0 Å². The molecule has 0 N–H and O–H groups in total. The molecule has 0 amide bonds. The van der Waals surface area contributed by atoms with Crippen LogP contribution in [0.2, 0.25) is 0 Å². The lowest BCUT2D eigenvalue weighted by molar-refractivity contribution is 0.112. The summed E-state index contributed by atoms with van der Waals surface area (Å²) in [5, 5.41) is 0. The van der Waals surface area contributed by atoms with Gasteiger partial charge in [-0.15, -0.1) is 0 Å². The number of rotatable bonds is 4. The zero-order valence-corrected chi connectivity index (χ0v) is 16.0. The molecule has 0 aliphatic heterocycles. The molecule has 0 aliphatic carbocycles. The van der Waals surface area contributed by atoms with E-state index in [-0.39, 0.29) is 0 Å². The van der Waals surface area contributed by atoms with E-state index in [1.54, 1.807) is 0 Å². The Morgan fingerprint density at radius 3 is 1.59 bits per heavy atom. The zero-order chi connectivity index (χ0) is 19.9. The van der Waals surface area contributed by atoms with E-state index < -0.39 is 0 Å². The zero-order valence-electron chi connectivity index (χ0n) is 16.0. The molecular formula is C28H20O. The molecule has 0 spiro atoms. The molecule has 4 aromatic carbocycles. The quantitative estimate of drug-likeness (QED) is 0.310. The van der Waals surface area contributed by atoms with Crippen molar-refractivity contribution >= 4 is 6.29 Å². The monoisotopic (exact) mass is 372 g/mol. The number of hydrogen-bond donors (Lipinski definition) is 0. The van der Waals surface area contributed by atoms with Gasteiger partial charge in [0.2, 0.25) is 0 Å². The van der Waals surface area contributed by atoms with Crippen molar-refractivity contribution in [3.63, 3.8) is 0 Å². The molecule has 4 aromatic rings. The molecule has 0 saturated carbocycles. The summed E-state index contributed by atoms with van der Waals surface area (Å²) >= 11 is 0. The molecule has 0 saturated heterocycles. The average Bonchev–Trinajstić information content (AvgIpc) is 2.80. The molecule has 0 atom stereocenters. The minimum absolute atomic E-state index is 0.686. The van der Waals surface area contributed by atoms with Crippen LogP contribution in [-0.4, -0.2) is 6.29 Å². The van der Waals surface area contributed by atoms with Crippen LogP contribution in [0.5, 0.6) is 0 Å². The van der Waals surface area contributed by atoms with Crippen LogP contribution in [0, 0.1) is 11.8 Å². The first-order valence-electron chi connectivity index (χ1n) is 9.61. The smallest absolute Gasteiger partial charge is 0.150 e. The van der Waals surface area contributed by atoms with Crippen molar-refractivity contribution in [2.75, 3.05) is 0 Å². The Morgan fingerprint density at radius 1 is 0.552 bits per heavy atom. The number of aldehydes is 1. The molecule has 0 radical (unpaired) electrons. The van der Waals surface area contributed by atoms with Gasteiger partial charge in [-0.05, 0) is 52.9 Å². The second kappa shape index (κ2) is 8.87. The maximum absolute atomic E-state index is 10.8. The van der Waals surface area contributed by atoms with Crippen LogP contribution in [0.15, 0.2) is 103 Å². The molecule has 138 valence electrons. The standard InChI is InChI=1S/C28H20O/c29-21-26-14-18-28(19-15-26)27-16-12-23(13-17-27)7-6-22-8-10-25(11-9-22)20-24-4-2-1-3-5-24/h1-5,8-19,21H,20H2. The van der Waals surface area contributed by atoms with E-state index in [2.05, 4.69) is 72.5 Å². The van der Waals surface area contributed by atoms with Gasteiger partial charge >= 0.3 is 0 Å². The molecule has 4 rings (SSSR count). The second-order valence-electron chi connectivity index (χ2n) is 6.93. The van der Waals surface area contributed by atoms with Crippen molar-refractivity contribution < 1.29 is 4.79 Å². The third kappa shape index (κ3) is 4.89. The van der Waals surface area contributed by atoms with E-state index in [0.717, 1.165) is 35.0 Å². The van der Waals surface area contributed by atoms with Crippen LogP contribution in [0.4, 0.5) is 0 Å². The number of hydrogen-bond acceptors (Lipinski definition) is 1. The number of carbonyl (C=O) groups excluding carboxylic acids is 1. The molecule has 0 aromatic heterocycles. The second-order valence-corrected chi connectivity index (χ2v) is 6.93. The van der Waals surface area contributed by atoms with Gasteiger partial charge in [0.25, 0.3) is 0 Å². The van der Waals surface area contributed by atoms with Gasteiger partial charge in [-0.3, -0.25) is 4.79 Å². The lowest BCUT2D eigenvalue weighted by atomic mass is 10.0. The Kier molecular flexibility index (Phi) is 5.65. The number of benzene rings is 4. The minimum Gasteiger partial charge on any atom is -0.298 e. The van der Waals surface area contributed by atoms with Crippen LogP contribution >= 0.6 is 0 Å². The molecule has 0 bridgehead atoms. The molecule has 0 unspecified atom stereocenters. The molecule has 29 heavy (non-hydrogen) atoms. The third-order valence-corrected chi connectivity index (χ3v) is 4.82. The van der Waals surface area contributed by atoms with Crippen molar-refractivity contribution in [3.8, 4) is 23.0 Å². The molecule has 0 heterocycles. The fourth-order valence-electron chi connectivity index (χ4n) is 3.18. The van der Waals surface area contributed by atoms with Crippen molar-refractivity contribution in [1.29, 1.82) is 0 Å². The molecular weight excluding hydrogens is 352 g/mol. The summed E-state index contributed by atoms with van der Waals surface area (Å²) < 4.78 is 0. The highest BCUT2D eigenvalue weighted by Crippen LogP contribution is 2.20. The van der Waals surface area contributed by atoms with Crippen LogP contribution in [0.1, 0.15) is 32.6 Å². The molecule has 0 fully saturated rings. The minimum atomic E-state index is 0.686. The van der Waals surface area contributed by atoms with Crippen LogP contribution < -0.4 is 0 Å². The van der Waals surface area contributed by atoms with E-state index in [1.165, 1.54) is 11.1 Å². The Hall–Kier alpha value is -3.89. The van der Waals surface area contributed by atoms with Gasteiger partial charge < -0.3 is 0 Å². The van der Waals surface area contributed by atoms with Gasteiger partial charge in [0.05, 0.1) is 0 Å². The summed E-state index contributed by atoms with van der Waals surface area (Å²) in [5.74, 6) is 6.47. The first kappa shape index (κ1) is 18.5. The largest absolute Gasteiger partial charge is 0.298 e. The highest BCUT2D eigenvalue weighted by molar-refractivity contribution is 5.77. The first-order valence-corrected chi connectivity index (χ1v) is 9.61. The Bertz CT molecular complexity index is 1140. The lowest BCUT2D eigenvalue weighted by Gasteiger charge is -2.02. The summed E-state index contributed by atoms with van der Waals surface area (Å²) in [6, 6.07) is 34.7. The van der Waals surface area contributed by atoms with Crippen LogP contribution in [0.25, 0.3) is 11.1 Å². The fraction of sp³-hybridized carbons (Fsp3) is 0.0357. The highest BCUT2D eigenvalue weighted by atomic mass is 16.1. The van der Waals surface area contributed by atoms with Crippen molar-refractivity contribution in [2.24, 2.45) is 0 Å². The topological polar surface area (TPSA) is 17.1 Å². The van der Waals surface area contributed by atoms with Gasteiger partial charge in [-0.1, -0.05) is 90.7 Å². The summed E-state index contributed by atoms with van der Waals surface area (Å²) in [7, 11) is 0. The predicted octanol–water partition coefficient (Wildman–Crippen LogP) is 6.16. The predicted molar refractivity (Wildman–Crippen MR) is 119 cm³/mol. The Morgan fingerprint density at radius 2 is 1.03 bits per heavy atom. The normalized spacial score (nSPS) is 10.1. The highest BCUT2D eigenvalue weighted by Gasteiger charge is 1.99. The van der Waals surface area contributed by atoms with Gasteiger partial charge in [-0.25, -0.2) is 0 Å². The van der Waals surface area contributed by atoms with Crippen LogP contribution in [-0.2, 0) is 6.42 Å². The molecule has 1 heteroatoms. The maximum atomic E-state index is 10.8. The summed E-state index contributed by atoms with van der Waals surface area (Å²) in [4.78, 5) is 10.8. The summed E-state index contributed by atoms with van der Waals surface area (Å²) in [6.07, 6.45) is 1.79. The summed E-state index contributed by atoms with van der Waals surface area (Å²) in [5.41, 5.74) is 7.47. The Labute approximate surface area is 171 Å². The van der Waals surface area contributed by atoms with Gasteiger partial charge in [0.15, 0.2) is 0 Å². The van der Waals surface area contributed by atoms with Gasteiger partial charge in [0, 0.05) is 16.7 Å². The van der Waals surface area contributed by atoms with Gasteiger partial charge in [0.1, 0.15) is 6.29 Å². The molecule has 0 aliphatic rings. The van der Waals surface area contributed by atoms with E-state index in [9.17, 15) is 4.79 Å². The van der Waals surface area contributed by atoms with Crippen molar-refractivity contribution in [3.05, 3.63) is 131 Å². The van der Waals surface area contributed by atoms with Crippen LogP contribution in [0.3, 0.4) is 0 Å². The molecule has 1 nitrogen and oxygen atoms in total. The average molecular weight is 372 g/mol. The SMILES string of the molecule is O=Cc1ccc(-c2ccc(C#Cc3ccc(Cc4ccccc4)cc3)cc2)cc1. The maximum Gasteiger partial charge on any atom is 0.150 e. The fourth-order valence-corrected chi connectivity index (χ4v) is 3.18. The van der Waals surface area contributed by atoms with E-state index >= 15 is 0 Å².